The molecule has 11 nitrogen and oxygen atoms in total. The molecule has 248 valence electrons. The summed E-state index contributed by atoms with van der Waals surface area (Å²) in [6.45, 7) is 6.85. The molecule has 3 heterocycles. The maximum absolute atomic E-state index is 14.0. The molecular formula is C33H47N3O8S. The second-order valence-corrected chi connectivity index (χ2v) is 15.3. The van der Waals surface area contributed by atoms with Gasteiger partial charge < -0.3 is 14.8 Å². The molecule has 3 fully saturated rings. The lowest BCUT2D eigenvalue weighted by atomic mass is 9.81. The summed E-state index contributed by atoms with van der Waals surface area (Å²) in [5.41, 5.74) is 0.533. The van der Waals surface area contributed by atoms with E-state index in [1.54, 1.807) is 32.0 Å². The highest BCUT2D eigenvalue weighted by atomic mass is 32.2. The van der Waals surface area contributed by atoms with Crippen molar-refractivity contribution in [2.45, 2.75) is 88.2 Å². The Labute approximate surface area is 266 Å². The summed E-state index contributed by atoms with van der Waals surface area (Å²) in [5, 5.41) is 2.92. The number of benzene rings is 1. The van der Waals surface area contributed by atoms with Crippen LogP contribution in [0.25, 0.3) is 0 Å². The van der Waals surface area contributed by atoms with Gasteiger partial charge in [-0.2, -0.15) is 0 Å². The second-order valence-electron chi connectivity index (χ2n) is 13.5. The Bertz CT molecular complexity index is 1380. The fraction of sp³-hybridized carbons (Fsp3) is 0.697. The first-order valence-electron chi connectivity index (χ1n) is 16.4. The van der Waals surface area contributed by atoms with Gasteiger partial charge >= 0.3 is 0 Å². The van der Waals surface area contributed by atoms with E-state index in [4.69, 9.17) is 9.47 Å². The first-order chi connectivity index (χ1) is 21.4. The molecule has 0 aromatic heterocycles. The molecule has 0 bridgehead atoms. The Morgan fingerprint density at radius 2 is 1.82 bits per heavy atom. The molecule has 0 spiro atoms. The van der Waals surface area contributed by atoms with Crippen molar-refractivity contribution in [1.29, 1.82) is 0 Å². The molecule has 2 N–H and O–H groups in total. The molecular weight excluding hydrogens is 598 g/mol. The average Bonchev–Trinajstić information content (AvgIpc) is 3.54. The lowest BCUT2D eigenvalue weighted by Gasteiger charge is -2.27. The van der Waals surface area contributed by atoms with E-state index in [9.17, 15) is 27.6 Å². The van der Waals surface area contributed by atoms with Crippen LogP contribution < -0.4 is 10.0 Å². The number of amides is 1. The van der Waals surface area contributed by atoms with Crippen LogP contribution in [-0.4, -0.2) is 94.2 Å². The smallest absolute Gasteiger partial charge is 0.240 e. The van der Waals surface area contributed by atoms with Crippen molar-refractivity contribution in [1.82, 2.24) is 14.9 Å². The van der Waals surface area contributed by atoms with Crippen molar-refractivity contribution in [3.05, 3.63) is 29.3 Å². The summed E-state index contributed by atoms with van der Waals surface area (Å²) in [6.07, 6.45) is 5.66. The standard InChI is InChI=1S/C33H47N3O8S/c1-22(15-27(37)20-36-11-13-43-14-12-36)32(40)35-28(18-24-7-8-30-25(17-24)9-10-34-45(30,41)42)29(38)19-26(16-23-5-3-4-6-23)31(39)33(2)21-44-33/h7-8,17,22-23,26,28,34H,3-6,9-16,18-21H2,1-2H3,(H,35,40). The van der Waals surface area contributed by atoms with Gasteiger partial charge in [-0.25, -0.2) is 13.1 Å². The number of nitrogens with zero attached hydrogens (tertiary/aromatic N) is 1. The molecule has 1 aromatic rings. The summed E-state index contributed by atoms with van der Waals surface area (Å²) in [5.74, 6) is -1.51. The lowest BCUT2D eigenvalue weighted by Crippen LogP contribution is -2.46. The van der Waals surface area contributed by atoms with E-state index in [-0.39, 0.29) is 48.1 Å². The number of sulfonamides is 1. The predicted octanol–water partition coefficient (Wildman–Crippen LogP) is 1.99. The number of rotatable bonds is 15. The average molecular weight is 646 g/mol. The van der Waals surface area contributed by atoms with E-state index < -0.39 is 39.4 Å². The Morgan fingerprint density at radius 1 is 1.11 bits per heavy atom. The zero-order valence-corrected chi connectivity index (χ0v) is 27.3. The normalized spacial score (nSPS) is 25.1. The molecule has 1 aromatic carbocycles. The minimum absolute atomic E-state index is 0.00713. The summed E-state index contributed by atoms with van der Waals surface area (Å²) < 4.78 is 38.3. The molecule has 5 rings (SSSR count). The van der Waals surface area contributed by atoms with Crippen LogP contribution in [-0.2, 0) is 51.5 Å². The molecule has 1 aliphatic carbocycles. The molecule has 1 saturated carbocycles. The molecule has 1 amide bonds. The molecule has 4 unspecified atom stereocenters. The van der Waals surface area contributed by atoms with Crippen LogP contribution in [0.3, 0.4) is 0 Å². The van der Waals surface area contributed by atoms with Gasteiger partial charge in [0.05, 0.1) is 37.3 Å². The van der Waals surface area contributed by atoms with Gasteiger partial charge in [-0.1, -0.05) is 44.7 Å². The zero-order chi connectivity index (χ0) is 32.2. The van der Waals surface area contributed by atoms with Gasteiger partial charge in [-0.15, -0.1) is 0 Å². The van der Waals surface area contributed by atoms with Gasteiger partial charge in [0.15, 0.2) is 11.6 Å². The van der Waals surface area contributed by atoms with E-state index >= 15 is 0 Å². The van der Waals surface area contributed by atoms with E-state index in [1.165, 1.54) is 0 Å². The number of morpholine rings is 1. The van der Waals surface area contributed by atoms with Gasteiger partial charge in [0, 0.05) is 44.3 Å². The Hall–Kier alpha value is -2.51. The van der Waals surface area contributed by atoms with Gasteiger partial charge in [0.25, 0.3) is 0 Å². The van der Waals surface area contributed by atoms with E-state index in [2.05, 4.69) is 10.0 Å². The Morgan fingerprint density at radius 3 is 2.51 bits per heavy atom. The van der Waals surface area contributed by atoms with Crippen molar-refractivity contribution < 1.29 is 37.1 Å². The third-order valence-electron chi connectivity index (χ3n) is 9.74. The van der Waals surface area contributed by atoms with E-state index in [1.807, 2.05) is 4.90 Å². The van der Waals surface area contributed by atoms with Crippen LogP contribution in [0.1, 0.15) is 69.9 Å². The largest absolute Gasteiger partial charge is 0.379 e. The van der Waals surface area contributed by atoms with Gasteiger partial charge in [-0.3, -0.25) is 24.1 Å². The second kappa shape index (κ2) is 14.5. The van der Waals surface area contributed by atoms with Crippen molar-refractivity contribution in [3.63, 3.8) is 0 Å². The Kier molecular flexibility index (Phi) is 10.9. The SMILES string of the molecule is CC(CC(=O)CN1CCOCC1)C(=O)NC(Cc1ccc2c(c1)CCNS2(=O)=O)C(=O)CC(CC1CCCC1)C(=O)C1(C)CO1. The van der Waals surface area contributed by atoms with Crippen LogP contribution in [0, 0.1) is 17.8 Å². The van der Waals surface area contributed by atoms with Crippen LogP contribution in [0.2, 0.25) is 0 Å². The topological polar surface area (TPSA) is 151 Å². The van der Waals surface area contributed by atoms with Crippen LogP contribution in [0.5, 0.6) is 0 Å². The third-order valence-corrected chi connectivity index (χ3v) is 11.3. The molecule has 2 saturated heterocycles. The molecule has 3 aliphatic heterocycles. The van der Waals surface area contributed by atoms with E-state index in [0.717, 1.165) is 31.2 Å². The third kappa shape index (κ3) is 8.85. The number of epoxide rings is 1. The minimum Gasteiger partial charge on any atom is -0.379 e. The number of ketones is 3. The van der Waals surface area contributed by atoms with Gasteiger partial charge in [-0.05, 0) is 49.3 Å². The number of hydrogen-bond donors (Lipinski definition) is 2. The molecule has 12 heteroatoms. The van der Waals surface area contributed by atoms with Gasteiger partial charge in [0.1, 0.15) is 11.4 Å². The van der Waals surface area contributed by atoms with Crippen molar-refractivity contribution in [3.8, 4) is 0 Å². The number of carbonyl (C=O) groups is 4. The van der Waals surface area contributed by atoms with Gasteiger partial charge in [0.2, 0.25) is 15.9 Å². The minimum atomic E-state index is -3.58. The first-order valence-corrected chi connectivity index (χ1v) is 17.9. The molecule has 45 heavy (non-hydrogen) atoms. The number of hydrogen-bond acceptors (Lipinski definition) is 9. The number of ether oxygens (including phenoxy) is 2. The monoisotopic (exact) mass is 645 g/mol. The van der Waals surface area contributed by atoms with Crippen molar-refractivity contribution in [2.75, 3.05) is 46.0 Å². The van der Waals surface area contributed by atoms with Crippen LogP contribution in [0.15, 0.2) is 23.1 Å². The number of nitrogens with one attached hydrogen (secondary N) is 2. The quantitative estimate of drug-likeness (QED) is 0.273. The highest BCUT2D eigenvalue weighted by Gasteiger charge is 2.50. The maximum atomic E-state index is 14.0. The fourth-order valence-corrected chi connectivity index (χ4v) is 8.20. The molecule has 0 radical (unpaired) electrons. The summed E-state index contributed by atoms with van der Waals surface area (Å²) in [6, 6.07) is 4.07. The fourth-order valence-electron chi connectivity index (χ4n) is 6.92. The number of fused-ring (bicyclic) bond motifs is 1. The highest BCUT2D eigenvalue weighted by Crippen LogP contribution is 2.37. The lowest BCUT2D eigenvalue weighted by molar-refractivity contribution is -0.134. The molecule has 4 aliphatic rings. The summed E-state index contributed by atoms with van der Waals surface area (Å²) in [7, 11) is -3.58. The van der Waals surface area contributed by atoms with Crippen LogP contribution >= 0.6 is 0 Å². The number of Topliss-reactive ketones (excluding diaryl/α,β-unsaturated/α-hetero) is 3. The Balaban J connectivity index is 1.31. The summed E-state index contributed by atoms with van der Waals surface area (Å²) >= 11 is 0. The van der Waals surface area contributed by atoms with E-state index in [0.29, 0.717) is 63.8 Å². The summed E-state index contributed by atoms with van der Waals surface area (Å²) in [4.78, 5) is 56.0. The number of carbonyl (C=O) groups excluding carboxylic acids is 4. The highest BCUT2D eigenvalue weighted by molar-refractivity contribution is 7.89. The zero-order valence-electron chi connectivity index (χ0n) is 26.5. The van der Waals surface area contributed by atoms with Crippen LogP contribution in [0.4, 0.5) is 0 Å². The van der Waals surface area contributed by atoms with Crippen molar-refractivity contribution in [2.24, 2.45) is 17.8 Å². The molecule has 4 atom stereocenters. The van der Waals surface area contributed by atoms with Crippen molar-refractivity contribution >= 4 is 33.3 Å². The predicted molar refractivity (Wildman–Crippen MR) is 166 cm³/mol. The maximum Gasteiger partial charge on any atom is 0.240 e. The first kappa shape index (κ1) is 33.8.